The van der Waals surface area contributed by atoms with Gasteiger partial charge in [0.1, 0.15) is 0 Å². The van der Waals surface area contributed by atoms with E-state index in [4.69, 9.17) is 0 Å². The van der Waals surface area contributed by atoms with Crippen molar-refractivity contribution in [1.82, 2.24) is 0 Å². The Balaban J connectivity index is 1.95. The van der Waals surface area contributed by atoms with Gasteiger partial charge < -0.3 is 5.11 Å². The highest BCUT2D eigenvalue weighted by molar-refractivity contribution is 5.37. The Morgan fingerprint density at radius 2 is 1.94 bits per heavy atom. The predicted molar refractivity (Wildman–Crippen MR) is 66.0 cm³/mol. The molecule has 0 aromatic heterocycles. The monoisotopic (exact) mass is 220 g/mol. The molecule has 0 heterocycles. The van der Waals surface area contributed by atoms with Crippen LogP contribution in [-0.4, -0.2) is 11.7 Å². The molecule has 1 heteroatoms. The van der Waals surface area contributed by atoms with Gasteiger partial charge in [-0.25, -0.2) is 0 Å². The summed E-state index contributed by atoms with van der Waals surface area (Å²) in [6.45, 7) is 9.80. The van der Waals surface area contributed by atoms with E-state index >= 15 is 0 Å². The largest absolute Gasteiger partial charge is 0.395 e. The molecular weight excluding hydrogens is 196 g/mol. The normalized spacial score (nSPS) is 46.9. The van der Waals surface area contributed by atoms with Crippen LogP contribution in [0.25, 0.3) is 0 Å². The fourth-order valence-corrected chi connectivity index (χ4v) is 4.45. The Labute approximate surface area is 98.9 Å². The van der Waals surface area contributed by atoms with Crippen molar-refractivity contribution < 1.29 is 5.11 Å². The van der Waals surface area contributed by atoms with Gasteiger partial charge in [0, 0.05) is 5.41 Å². The fourth-order valence-electron chi connectivity index (χ4n) is 4.45. The van der Waals surface area contributed by atoms with Gasteiger partial charge in [-0.1, -0.05) is 39.3 Å². The average molecular weight is 220 g/mol. The van der Waals surface area contributed by atoms with Crippen LogP contribution in [0.15, 0.2) is 11.6 Å². The molecule has 0 aromatic carbocycles. The van der Waals surface area contributed by atoms with Crippen LogP contribution >= 0.6 is 0 Å². The van der Waals surface area contributed by atoms with Crippen LogP contribution in [-0.2, 0) is 0 Å². The van der Waals surface area contributed by atoms with Crippen LogP contribution in [0.2, 0.25) is 0 Å². The van der Waals surface area contributed by atoms with Crippen molar-refractivity contribution in [1.29, 1.82) is 0 Å². The second-order valence-electron chi connectivity index (χ2n) is 7.50. The first-order chi connectivity index (χ1) is 7.35. The number of allylic oxidation sites excluding steroid dienone is 1. The van der Waals surface area contributed by atoms with E-state index in [1.807, 2.05) is 0 Å². The second-order valence-corrected chi connectivity index (χ2v) is 7.50. The topological polar surface area (TPSA) is 20.2 Å². The van der Waals surface area contributed by atoms with Crippen molar-refractivity contribution in [2.75, 3.05) is 6.61 Å². The summed E-state index contributed by atoms with van der Waals surface area (Å²) in [6.07, 6.45) is 6.27. The molecule has 4 aliphatic carbocycles. The van der Waals surface area contributed by atoms with Crippen molar-refractivity contribution in [3.63, 3.8) is 0 Å². The number of aliphatic hydroxyl groups excluding tert-OH is 1. The van der Waals surface area contributed by atoms with Crippen molar-refractivity contribution in [3.05, 3.63) is 11.6 Å². The van der Waals surface area contributed by atoms with E-state index in [1.165, 1.54) is 19.3 Å². The molecule has 2 bridgehead atoms. The Morgan fingerprint density at radius 3 is 2.31 bits per heavy atom. The lowest BCUT2D eigenvalue weighted by Gasteiger charge is -2.58. The average Bonchev–Trinajstić information content (AvgIpc) is 2.82. The number of rotatable bonds is 2. The molecule has 2 fully saturated rings. The zero-order chi connectivity index (χ0) is 11.8. The lowest BCUT2D eigenvalue weighted by atomic mass is 9.47. The Hall–Kier alpha value is -0.300. The third-order valence-corrected chi connectivity index (χ3v) is 6.20. The molecule has 4 rings (SSSR count). The van der Waals surface area contributed by atoms with Crippen molar-refractivity contribution in [2.24, 2.45) is 28.1 Å². The summed E-state index contributed by atoms with van der Waals surface area (Å²) in [7, 11) is 0. The molecule has 1 nitrogen and oxygen atoms in total. The minimum atomic E-state index is 0.139. The molecule has 0 saturated heterocycles. The molecule has 0 spiro atoms. The summed E-state index contributed by atoms with van der Waals surface area (Å²) in [6, 6.07) is 0. The van der Waals surface area contributed by atoms with Gasteiger partial charge in [0.05, 0.1) is 6.61 Å². The molecule has 3 atom stereocenters. The molecular formula is C15H24O. The molecule has 90 valence electrons. The predicted octanol–water partition coefficient (Wildman–Crippen LogP) is 3.39. The van der Waals surface area contributed by atoms with Gasteiger partial charge >= 0.3 is 0 Å². The molecule has 4 aliphatic rings. The standard InChI is InChI=1S/C15H24O/c1-13(2)8-15(13,9-16)11-6-5-10-7-12(11)14(10,3)4/h6,10,12,16H,5,7-9H2,1-4H3. The number of hydrogen-bond acceptors (Lipinski definition) is 1. The minimum Gasteiger partial charge on any atom is -0.395 e. The van der Waals surface area contributed by atoms with Gasteiger partial charge in [-0.2, -0.15) is 0 Å². The summed E-state index contributed by atoms with van der Waals surface area (Å²) in [4.78, 5) is 0. The Bertz CT molecular complexity index is 364. The number of fused-ring (bicyclic) bond motifs is 1. The van der Waals surface area contributed by atoms with Crippen LogP contribution in [0.1, 0.15) is 47.0 Å². The minimum absolute atomic E-state index is 0.139. The molecule has 0 amide bonds. The molecule has 1 N–H and O–H groups in total. The maximum Gasteiger partial charge on any atom is 0.0530 e. The maximum atomic E-state index is 9.81. The zero-order valence-corrected chi connectivity index (χ0v) is 11.0. The van der Waals surface area contributed by atoms with Crippen molar-refractivity contribution in [2.45, 2.75) is 47.0 Å². The molecule has 0 aliphatic heterocycles. The fraction of sp³-hybridized carbons (Fsp3) is 0.867. The first-order valence-electron chi connectivity index (χ1n) is 6.66. The second kappa shape index (κ2) is 2.75. The molecule has 16 heavy (non-hydrogen) atoms. The van der Waals surface area contributed by atoms with E-state index in [1.54, 1.807) is 5.57 Å². The van der Waals surface area contributed by atoms with Crippen LogP contribution in [0.5, 0.6) is 0 Å². The Morgan fingerprint density at radius 1 is 1.31 bits per heavy atom. The van der Waals surface area contributed by atoms with Gasteiger partial charge in [0.2, 0.25) is 0 Å². The van der Waals surface area contributed by atoms with E-state index in [0.29, 0.717) is 17.4 Å². The lowest BCUT2D eigenvalue weighted by Crippen LogP contribution is -2.50. The van der Waals surface area contributed by atoms with Crippen LogP contribution in [0, 0.1) is 28.1 Å². The molecule has 3 unspecified atom stereocenters. The summed E-state index contributed by atoms with van der Waals surface area (Å²) >= 11 is 0. The van der Waals surface area contributed by atoms with Crippen LogP contribution < -0.4 is 0 Å². The first-order valence-corrected chi connectivity index (χ1v) is 6.66. The van der Waals surface area contributed by atoms with E-state index in [2.05, 4.69) is 33.8 Å². The highest BCUT2D eigenvalue weighted by atomic mass is 16.3. The summed E-state index contributed by atoms with van der Waals surface area (Å²) < 4.78 is 0. The summed E-state index contributed by atoms with van der Waals surface area (Å²) in [5.41, 5.74) is 2.56. The van der Waals surface area contributed by atoms with E-state index < -0.39 is 0 Å². The molecule has 0 aromatic rings. The molecule has 0 radical (unpaired) electrons. The summed E-state index contributed by atoms with van der Waals surface area (Å²) in [5, 5.41) is 9.81. The summed E-state index contributed by atoms with van der Waals surface area (Å²) in [5.74, 6) is 1.65. The number of aliphatic hydroxyl groups is 1. The Kier molecular flexibility index (Phi) is 1.86. The van der Waals surface area contributed by atoms with Gasteiger partial charge in [-0.15, -0.1) is 0 Å². The maximum absolute atomic E-state index is 9.81. The van der Waals surface area contributed by atoms with Gasteiger partial charge in [-0.05, 0) is 41.9 Å². The highest BCUT2D eigenvalue weighted by Gasteiger charge is 2.67. The zero-order valence-electron chi connectivity index (χ0n) is 11.0. The van der Waals surface area contributed by atoms with Crippen molar-refractivity contribution >= 4 is 0 Å². The van der Waals surface area contributed by atoms with Crippen molar-refractivity contribution in [3.8, 4) is 0 Å². The van der Waals surface area contributed by atoms with Crippen LogP contribution in [0.4, 0.5) is 0 Å². The van der Waals surface area contributed by atoms with Gasteiger partial charge in [-0.3, -0.25) is 0 Å². The third kappa shape index (κ3) is 1.01. The molecule has 2 saturated carbocycles. The van der Waals surface area contributed by atoms with Gasteiger partial charge in [0.15, 0.2) is 0 Å². The highest BCUT2D eigenvalue weighted by Crippen LogP contribution is 2.74. The quantitative estimate of drug-likeness (QED) is 0.707. The smallest absolute Gasteiger partial charge is 0.0530 e. The van der Waals surface area contributed by atoms with Gasteiger partial charge in [0.25, 0.3) is 0 Å². The lowest BCUT2D eigenvalue weighted by molar-refractivity contribution is -0.0205. The van der Waals surface area contributed by atoms with E-state index in [9.17, 15) is 5.11 Å². The van der Waals surface area contributed by atoms with E-state index in [0.717, 1.165) is 11.8 Å². The van der Waals surface area contributed by atoms with Crippen LogP contribution in [0.3, 0.4) is 0 Å². The third-order valence-electron chi connectivity index (χ3n) is 6.20. The number of hydrogen-bond donors (Lipinski definition) is 1. The SMILES string of the molecule is CC1(C)C2CC=C(C3(CO)CC3(C)C)C1C2. The van der Waals surface area contributed by atoms with E-state index in [-0.39, 0.29) is 5.41 Å². The first kappa shape index (κ1) is 10.8.